The number of ether oxygens (including phenoxy) is 1. The van der Waals surface area contributed by atoms with Crippen LogP contribution in [0.1, 0.15) is 15.9 Å². The lowest BCUT2D eigenvalue weighted by molar-refractivity contribution is -0.116. The van der Waals surface area contributed by atoms with Crippen LogP contribution in [0.5, 0.6) is 5.75 Å². The van der Waals surface area contributed by atoms with Gasteiger partial charge in [-0.1, -0.05) is 6.07 Å². The van der Waals surface area contributed by atoms with Crippen molar-refractivity contribution in [2.24, 2.45) is 0 Å². The molecule has 0 bridgehead atoms. The molecule has 122 valence electrons. The number of hydrogen-bond acceptors (Lipinski definition) is 4. The first kappa shape index (κ1) is 17.0. The van der Waals surface area contributed by atoms with Gasteiger partial charge in [0, 0.05) is 18.3 Å². The van der Waals surface area contributed by atoms with E-state index in [-0.39, 0.29) is 18.4 Å². The van der Waals surface area contributed by atoms with Crippen LogP contribution in [0.4, 0.5) is 5.69 Å². The van der Waals surface area contributed by atoms with E-state index < -0.39 is 0 Å². The van der Waals surface area contributed by atoms with Crippen molar-refractivity contribution in [1.29, 1.82) is 5.26 Å². The minimum absolute atomic E-state index is 0.0956. The first-order valence-corrected chi connectivity index (χ1v) is 7.23. The van der Waals surface area contributed by atoms with Gasteiger partial charge in [-0.2, -0.15) is 5.26 Å². The largest absolute Gasteiger partial charge is 0.497 e. The maximum absolute atomic E-state index is 12.3. The number of carbonyl (C=O) groups is 2. The molecular weight excluding hydrogens is 306 g/mol. The molecule has 0 aliphatic rings. The van der Waals surface area contributed by atoms with Gasteiger partial charge in [-0.15, -0.1) is 0 Å². The van der Waals surface area contributed by atoms with Crippen LogP contribution in [-0.2, 0) is 4.79 Å². The first-order valence-electron chi connectivity index (χ1n) is 7.23. The molecule has 0 aliphatic heterocycles. The Hall–Kier alpha value is -3.33. The lowest BCUT2D eigenvalue weighted by Gasteiger charge is -2.17. The molecule has 0 fully saturated rings. The molecule has 24 heavy (non-hydrogen) atoms. The Balaban J connectivity index is 1.97. The fourth-order valence-corrected chi connectivity index (χ4v) is 2.10. The summed E-state index contributed by atoms with van der Waals surface area (Å²) in [7, 11) is 3.10. The Morgan fingerprint density at radius 1 is 1.21 bits per heavy atom. The van der Waals surface area contributed by atoms with E-state index in [1.54, 1.807) is 49.6 Å². The van der Waals surface area contributed by atoms with Crippen molar-refractivity contribution < 1.29 is 14.3 Å². The van der Waals surface area contributed by atoms with Crippen molar-refractivity contribution in [2.45, 2.75) is 0 Å². The van der Waals surface area contributed by atoms with Gasteiger partial charge >= 0.3 is 0 Å². The van der Waals surface area contributed by atoms with Gasteiger partial charge in [-0.3, -0.25) is 9.59 Å². The molecule has 0 unspecified atom stereocenters. The van der Waals surface area contributed by atoms with Gasteiger partial charge in [0.15, 0.2) is 0 Å². The predicted molar refractivity (Wildman–Crippen MR) is 89.7 cm³/mol. The monoisotopic (exact) mass is 323 g/mol. The zero-order chi connectivity index (χ0) is 17.5. The smallest absolute Gasteiger partial charge is 0.254 e. The second kappa shape index (κ2) is 7.79. The third-order valence-corrected chi connectivity index (χ3v) is 3.34. The van der Waals surface area contributed by atoms with Gasteiger partial charge in [-0.05, 0) is 42.5 Å². The number of anilines is 1. The summed E-state index contributed by atoms with van der Waals surface area (Å²) in [5.74, 6) is 0.0575. The molecule has 1 N–H and O–H groups in total. The number of nitriles is 1. The Morgan fingerprint density at radius 2 is 1.92 bits per heavy atom. The van der Waals surface area contributed by atoms with E-state index in [1.807, 2.05) is 6.07 Å². The summed E-state index contributed by atoms with van der Waals surface area (Å²) in [5, 5.41) is 11.6. The van der Waals surface area contributed by atoms with Gasteiger partial charge in [0.2, 0.25) is 5.91 Å². The Kier molecular flexibility index (Phi) is 5.53. The molecule has 2 amide bonds. The predicted octanol–water partition coefficient (Wildman–Crippen LogP) is 2.28. The number of nitrogens with zero attached hydrogens (tertiary/aromatic N) is 2. The number of benzene rings is 2. The number of methoxy groups -OCH3 is 1. The summed E-state index contributed by atoms with van der Waals surface area (Å²) in [4.78, 5) is 25.7. The molecule has 6 heteroatoms. The van der Waals surface area contributed by atoms with Crippen LogP contribution < -0.4 is 10.1 Å². The standard InChI is InChI=1S/C18H17N3O3/c1-21(18(23)14-5-3-4-13(10-14)11-19)12-17(22)20-15-6-8-16(24-2)9-7-15/h3-10H,12H2,1-2H3,(H,20,22). The summed E-state index contributed by atoms with van der Waals surface area (Å²) in [6.07, 6.45) is 0. The maximum Gasteiger partial charge on any atom is 0.254 e. The highest BCUT2D eigenvalue weighted by molar-refractivity contribution is 5.99. The first-order chi connectivity index (χ1) is 11.5. The number of carbonyl (C=O) groups excluding carboxylic acids is 2. The van der Waals surface area contributed by atoms with Crippen LogP contribution in [-0.4, -0.2) is 37.4 Å². The highest BCUT2D eigenvalue weighted by Gasteiger charge is 2.15. The van der Waals surface area contributed by atoms with Gasteiger partial charge < -0.3 is 15.0 Å². The average Bonchev–Trinajstić information content (AvgIpc) is 2.61. The van der Waals surface area contributed by atoms with Crippen molar-refractivity contribution >= 4 is 17.5 Å². The quantitative estimate of drug-likeness (QED) is 0.915. The number of hydrogen-bond donors (Lipinski definition) is 1. The van der Waals surface area contributed by atoms with E-state index in [0.717, 1.165) is 0 Å². The second-order valence-electron chi connectivity index (χ2n) is 5.13. The van der Waals surface area contributed by atoms with Crippen molar-refractivity contribution in [3.8, 4) is 11.8 Å². The molecular formula is C18H17N3O3. The highest BCUT2D eigenvalue weighted by atomic mass is 16.5. The van der Waals surface area contributed by atoms with Crippen LogP contribution in [0, 0.1) is 11.3 Å². The summed E-state index contributed by atoms with van der Waals surface area (Å²) in [6.45, 7) is -0.0956. The molecule has 6 nitrogen and oxygen atoms in total. The normalized spacial score (nSPS) is 9.71. The molecule has 0 saturated carbocycles. The molecule has 0 aliphatic carbocycles. The third-order valence-electron chi connectivity index (χ3n) is 3.34. The van der Waals surface area contributed by atoms with Crippen LogP contribution >= 0.6 is 0 Å². The zero-order valence-corrected chi connectivity index (χ0v) is 13.4. The number of amides is 2. The van der Waals surface area contributed by atoms with E-state index in [0.29, 0.717) is 22.6 Å². The highest BCUT2D eigenvalue weighted by Crippen LogP contribution is 2.15. The molecule has 0 radical (unpaired) electrons. The summed E-state index contributed by atoms with van der Waals surface area (Å²) in [6, 6.07) is 15.3. The molecule has 0 heterocycles. The second-order valence-corrected chi connectivity index (χ2v) is 5.13. The molecule has 2 aromatic rings. The zero-order valence-electron chi connectivity index (χ0n) is 13.4. The minimum atomic E-state index is -0.322. The Morgan fingerprint density at radius 3 is 2.54 bits per heavy atom. The van der Waals surface area contributed by atoms with Crippen molar-refractivity contribution in [3.05, 3.63) is 59.7 Å². The van der Waals surface area contributed by atoms with Crippen LogP contribution in [0.25, 0.3) is 0 Å². The molecule has 0 atom stereocenters. The van der Waals surface area contributed by atoms with Crippen LogP contribution in [0.3, 0.4) is 0 Å². The van der Waals surface area contributed by atoms with Crippen LogP contribution in [0.15, 0.2) is 48.5 Å². The average molecular weight is 323 g/mol. The Bertz CT molecular complexity index is 779. The van der Waals surface area contributed by atoms with Gasteiger partial charge in [0.05, 0.1) is 25.3 Å². The lowest BCUT2D eigenvalue weighted by Crippen LogP contribution is -2.34. The van der Waals surface area contributed by atoms with E-state index in [4.69, 9.17) is 10.00 Å². The van der Waals surface area contributed by atoms with E-state index in [1.165, 1.54) is 18.0 Å². The number of likely N-dealkylation sites (N-methyl/N-ethyl adjacent to an activating group) is 1. The van der Waals surface area contributed by atoms with Crippen molar-refractivity contribution in [2.75, 3.05) is 26.0 Å². The minimum Gasteiger partial charge on any atom is -0.497 e. The SMILES string of the molecule is COc1ccc(NC(=O)CN(C)C(=O)c2cccc(C#N)c2)cc1. The molecule has 0 spiro atoms. The van der Waals surface area contributed by atoms with Gasteiger partial charge in [0.25, 0.3) is 5.91 Å². The van der Waals surface area contributed by atoms with Crippen molar-refractivity contribution in [3.63, 3.8) is 0 Å². The maximum atomic E-state index is 12.3. The molecule has 2 rings (SSSR count). The topological polar surface area (TPSA) is 82.4 Å². The summed E-state index contributed by atoms with van der Waals surface area (Å²) in [5.41, 5.74) is 1.39. The molecule has 0 saturated heterocycles. The van der Waals surface area contributed by atoms with Crippen LogP contribution in [0.2, 0.25) is 0 Å². The fourth-order valence-electron chi connectivity index (χ4n) is 2.10. The van der Waals surface area contributed by atoms with Gasteiger partial charge in [0.1, 0.15) is 5.75 Å². The van der Waals surface area contributed by atoms with E-state index >= 15 is 0 Å². The van der Waals surface area contributed by atoms with E-state index in [2.05, 4.69) is 5.32 Å². The lowest BCUT2D eigenvalue weighted by atomic mass is 10.1. The fraction of sp³-hybridized carbons (Fsp3) is 0.167. The number of nitrogens with one attached hydrogen (secondary N) is 1. The molecule has 2 aromatic carbocycles. The number of rotatable bonds is 5. The summed E-state index contributed by atoms with van der Waals surface area (Å²) < 4.78 is 5.05. The third kappa shape index (κ3) is 4.34. The summed E-state index contributed by atoms with van der Waals surface area (Å²) >= 11 is 0. The van der Waals surface area contributed by atoms with Crippen molar-refractivity contribution in [1.82, 2.24) is 4.90 Å². The van der Waals surface area contributed by atoms with Gasteiger partial charge in [-0.25, -0.2) is 0 Å². The molecule has 0 aromatic heterocycles. The van der Waals surface area contributed by atoms with E-state index in [9.17, 15) is 9.59 Å². The Labute approximate surface area is 140 Å².